The smallest absolute Gasteiger partial charge is 0.340 e. The van der Waals surface area contributed by atoms with Crippen molar-refractivity contribution >= 4 is 45.4 Å². The molecule has 1 N–H and O–H groups in total. The predicted molar refractivity (Wildman–Crippen MR) is 149 cm³/mol. The van der Waals surface area contributed by atoms with Crippen LogP contribution in [-0.4, -0.2) is 29.0 Å². The predicted octanol–water partition coefficient (Wildman–Crippen LogP) is 6.11. The van der Waals surface area contributed by atoms with Gasteiger partial charge in [0.05, 0.1) is 22.3 Å². The Bertz CT molecular complexity index is 1950. The monoisotopic (exact) mass is 560 g/mol. The van der Waals surface area contributed by atoms with Crippen LogP contribution in [0.2, 0.25) is 0 Å². The first-order valence-corrected chi connectivity index (χ1v) is 13.0. The number of carboxylic acid groups (broad SMARTS) is 1. The first-order chi connectivity index (χ1) is 20.2. The van der Waals surface area contributed by atoms with Crippen molar-refractivity contribution in [3.8, 4) is 23.0 Å². The second-order valence-corrected chi connectivity index (χ2v) is 10.0. The van der Waals surface area contributed by atoms with E-state index in [4.69, 9.17) is 18.9 Å². The number of benzene rings is 5. The van der Waals surface area contributed by atoms with Crippen molar-refractivity contribution in [2.75, 3.05) is 0 Å². The fourth-order valence-electron chi connectivity index (χ4n) is 6.02. The lowest BCUT2D eigenvalue weighted by Crippen LogP contribution is -2.34. The average Bonchev–Trinajstić information content (AvgIpc) is 3.23. The van der Waals surface area contributed by atoms with Gasteiger partial charge in [-0.05, 0) is 22.9 Å². The zero-order chi connectivity index (χ0) is 29.3. The minimum absolute atomic E-state index is 0.0691. The molecule has 7 rings (SSSR count). The minimum atomic E-state index is -1.60. The fraction of sp³-hybridized carbons (Fsp3) is 0.0909. The van der Waals surface area contributed by atoms with Crippen LogP contribution in [0.25, 0.3) is 21.5 Å². The number of esters is 3. The van der Waals surface area contributed by atoms with Crippen LogP contribution < -0.4 is 14.2 Å². The minimum Gasteiger partial charge on any atom is -0.478 e. The topological polar surface area (TPSA) is 125 Å². The molecular weight excluding hydrogens is 540 g/mol. The first kappa shape index (κ1) is 25.3. The van der Waals surface area contributed by atoms with E-state index in [-0.39, 0.29) is 34.1 Å². The third-order valence-electron chi connectivity index (χ3n) is 7.48. The molecule has 2 aliphatic rings. The number of hydrogen-bond acceptors (Lipinski definition) is 8. The van der Waals surface area contributed by atoms with Crippen molar-refractivity contribution in [2.45, 2.75) is 19.4 Å². The Morgan fingerprint density at radius 1 is 0.714 bits per heavy atom. The molecule has 0 bridgehead atoms. The summed E-state index contributed by atoms with van der Waals surface area (Å²) in [7, 11) is 0. The van der Waals surface area contributed by atoms with Crippen LogP contribution in [0.15, 0.2) is 78.9 Å². The number of ether oxygens (including phenoxy) is 4. The lowest BCUT2D eigenvalue weighted by atomic mass is 9.74. The molecule has 0 atom stereocenters. The summed E-state index contributed by atoms with van der Waals surface area (Å²) < 4.78 is 23.9. The van der Waals surface area contributed by atoms with Crippen molar-refractivity contribution in [1.82, 2.24) is 0 Å². The second kappa shape index (κ2) is 8.90. The molecule has 9 nitrogen and oxygen atoms in total. The molecule has 2 aliphatic heterocycles. The molecule has 9 heteroatoms. The van der Waals surface area contributed by atoms with Gasteiger partial charge in [-0.15, -0.1) is 0 Å². The number of carbonyl (C=O) groups is 4. The van der Waals surface area contributed by atoms with Crippen molar-refractivity contribution in [1.29, 1.82) is 0 Å². The van der Waals surface area contributed by atoms with Crippen molar-refractivity contribution in [2.24, 2.45) is 0 Å². The summed E-state index contributed by atoms with van der Waals surface area (Å²) in [5.41, 5.74) is -0.215. The Morgan fingerprint density at radius 3 is 1.69 bits per heavy atom. The molecule has 0 radical (unpaired) electrons. The van der Waals surface area contributed by atoms with E-state index in [1.807, 2.05) is 12.1 Å². The largest absolute Gasteiger partial charge is 0.478 e. The normalized spacial score (nSPS) is 14.0. The molecule has 206 valence electrons. The summed E-state index contributed by atoms with van der Waals surface area (Å²) in [5.74, 6) is -2.01. The van der Waals surface area contributed by atoms with Gasteiger partial charge in [-0.3, -0.25) is 9.59 Å². The van der Waals surface area contributed by atoms with E-state index in [9.17, 15) is 24.3 Å². The van der Waals surface area contributed by atoms with Crippen LogP contribution in [-0.2, 0) is 19.9 Å². The quantitative estimate of drug-likeness (QED) is 0.205. The summed E-state index contributed by atoms with van der Waals surface area (Å²) in [6, 6.07) is 21.8. The Morgan fingerprint density at radius 2 is 1.21 bits per heavy atom. The number of fused-ring (bicyclic) bond motifs is 10. The molecule has 0 aromatic heterocycles. The van der Waals surface area contributed by atoms with Gasteiger partial charge in [0.2, 0.25) is 0 Å². The van der Waals surface area contributed by atoms with E-state index in [1.54, 1.807) is 54.6 Å². The summed E-state index contributed by atoms with van der Waals surface area (Å²) in [6.45, 7) is 2.58. The zero-order valence-corrected chi connectivity index (χ0v) is 22.2. The standard InChI is InChI=1S/C33H20O9/c1-16(34)39-25-14-27-29(21-9-5-3-7-19(21)25)33(24-12-11-18(31(36)37)13-23(24)32(38)42-33)30-22-10-6-4-8-20(22)26(40-17(2)35)15-28(30)41-27/h3-15H,1-2H3,(H,36,37). The lowest BCUT2D eigenvalue weighted by molar-refractivity contribution is -0.132. The van der Waals surface area contributed by atoms with Gasteiger partial charge in [0.15, 0.2) is 5.60 Å². The van der Waals surface area contributed by atoms with Crippen LogP contribution in [0.5, 0.6) is 23.0 Å². The molecule has 42 heavy (non-hydrogen) atoms. The Labute approximate surface area is 237 Å². The summed E-state index contributed by atoms with van der Waals surface area (Å²) >= 11 is 0. The van der Waals surface area contributed by atoms with Crippen molar-refractivity contribution in [3.63, 3.8) is 0 Å². The van der Waals surface area contributed by atoms with E-state index in [1.165, 1.54) is 26.0 Å². The second-order valence-electron chi connectivity index (χ2n) is 10.0. The molecule has 1 spiro atoms. The van der Waals surface area contributed by atoms with E-state index in [0.29, 0.717) is 38.2 Å². The van der Waals surface area contributed by atoms with Gasteiger partial charge in [0.25, 0.3) is 0 Å². The fourth-order valence-corrected chi connectivity index (χ4v) is 6.02. The van der Waals surface area contributed by atoms with Gasteiger partial charge in [0.1, 0.15) is 23.0 Å². The molecule has 0 unspecified atom stereocenters. The molecule has 5 aromatic rings. The maximum Gasteiger partial charge on any atom is 0.340 e. The third-order valence-corrected chi connectivity index (χ3v) is 7.48. The molecule has 5 aromatic carbocycles. The van der Waals surface area contributed by atoms with Gasteiger partial charge < -0.3 is 24.1 Å². The van der Waals surface area contributed by atoms with Gasteiger partial charge >= 0.3 is 23.9 Å². The third kappa shape index (κ3) is 3.50. The summed E-state index contributed by atoms with van der Waals surface area (Å²) in [4.78, 5) is 49.5. The van der Waals surface area contributed by atoms with E-state index >= 15 is 0 Å². The highest BCUT2D eigenvalue weighted by Gasteiger charge is 2.55. The highest BCUT2D eigenvalue weighted by Crippen LogP contribution is 2.61. The molecule has 0 amide bonds. The number of hydrogen-bond donors (Lipinski definition) is 1. The Balaban J connectivity index is 1.66. The van der Waals surface area contributed by atoms with Crippen LogP contribution in [0, 0.1) is 0 Å². The number of carboxylic acids is 1. The van der Waals surface area contributed by atoms with Gasteiger partial charge in [0, 0.05) is 42.3 Å². The average molecular weight is 561 g/mol. The lowest BCUT2D eigenvalue weighted by Gasteiger charge is -2.38. The van der Waals surface area contributed by atoms with E-state index in [0.717, 1.165) is 0 Å². The first-order valence-electron chi connectivity index (χ1n) is 13.0. The molecule has 0 saturated heterocycles. The van der Waals surface area contributed by atoms with Crippen LogP contribution in [0.3, 0.4) is 0 Å². The van der Waals surface area contributed by atoms with Crippen LogP contribution in [0.1, 0.15) is 51.3 Å². The van der Waals surface area contributed by atoms with Gasteiger partial charge in [-0.1, -0.05) is 54.6 Å². The SMILES string of the molecule is CC(=O)Oc1cc2c(c3ccccc13)C1(OC(=O)c3cc(C(=O)O)ccc31)c1c(cc(OC(C)=O)c3ccccc13)O2. The number of carbonyl (C=O) groups excluding carboxylic acids is 3. The van der Waals surface area contributed by atoms with Crippen molar-refractivity contribution < 1.29 is 43.2 Å². The van der Waals surface area contributed by atoms with Gasteiger partial charge in [-0.25, -0.2) is 9.59 Å². The Kier molecular flexibility index (Phi) is 5.36. The van der Waals surface area contributed by atoms with Crippen LogP contribution in [0.4, 0.5) is 0 Å². The highest BCUT2D eigenvalue weighted by atomic mass is 16.6. The Hall–Kier alpha value is -5.70. The maximum atomic E-state index is 13.6. The molecule has 0 aliphatic carbocycles. The number of aromatic carboxylic acids is 1. The van der Waals surface area contributed by atoms with E-state index in [2.05, 4.69) is 0 Å². The van der Waals surface area contributed by atoms with E-state index < -0.39 is 29.5 Å². The maximum absolute atomic E-state index is 13.6. The zero-order valence-electron chi connectivity index (χ0n) is 22.2. The molecule has 0 fully saturated rings. The van der Waals surface area contributed by atoms with Crippen LogP contribution >= 0.6 is 0 Å². The van der Waals surface area contributed by atoms with Gasteiger partial charge in [-0.2, -0.15) is 0 Å². The highest BCUT2D eigenvalue weighted by molar-refractivity contribution is 6.06. The molecule has 0 saturated carbocycles. The molecular formula is C33H20O9. The number of rotatable bonds is 3. The summed E-state index contributed by atoms with van der Waals surface area (Å²) in [5, 5.41) is 12.0. The summed E-state index contributed by atoms with van der Waals surface area (Å²) in [6.07, 6.45) is 0. The van der Waals surface area contributed by atoms with Crippen molar-refractivity contribution in [3.05, 3.63) is 107 Å². The molecule has 2 heterocycles.